The first-order valence-corrected chi connectivity index (χ1v) is 7.20. The summed E-state index contributed by atoms with van der Waals surface area (Å²) in [7, 11) is 1.98. The van der Waals surface area contributed by atoms with Gasteiger partial charge in [-0.05, 0) is 13.5 Å². The molecular formula is C13H19N5S. The first kappa shape index (κ1) is 13.9. The quantitative estimate of drug-likeness (QED) is 0.875. The average Bonchev–Trinajstić information content (AvgIpc) is 2.82. The van der Waals surface area contributed by atoms with Gasteiger partial charge in [0.05, 0.1) is 17.2 Å². The Kier molecular flexibility index (Phi) is 4.81. The fourth-order valence-electron chi connectivity index (χ4n) is 1.70. The van der Waals surface area contributed by atoms with Gasteiger partial charge >= 0.3 is 0 Å². The van der Waals surface area contributed by atoms with E-state index >= 15 is 0 Å². The van der Waals surface area contributed by atoms with Crippen LogP contribution in [-0.4, -0.2) is 28.5 Å². The molecule has 2 aromatic heterocycles. The summed E-state index contributed by atoms with van der Waals surface area (Å²) in [5.41, 5.74) is 2.16. The zero-order valence-electron chi connectivity index (χ0n) is 11.6. The number of aryl methyl sites for hydroxylation is 1. The Balaban J connectivity index is 1.97. The van der Waals surface area contributed by atoms with Crippen LogP contribution < -0.4 is 10.2 Å². The van der Waals surface area contributed by atoms with Gasteiger partial charge in [-0.2, -0.15) is 0 Å². The third-order valence-electron chi connectivity index (χ3n) is 2.68. The number of nitrogens with one attached hydrogen (secondary N) is 1. The van der Waals surface area contributed by atoms with Crippen LogP contribution in [0.1, 0.15) is 23.2 Å². The highest BCUT2D eigenvalue weighted by atomic mass is 32.1. The monoisotopic (exact) mass is 277 g/mol. The maximum Gasteiger partial charge on any atom is 0.225 e. The molecule has 0 amide bonds. The lowest BCUT2D eigenvalue weighted by molar-refractivity contribution is 0.719. The fraction of sp³-hybridized carbons (Fsp3) is 0.462. The molecule has 2 rings (SSSR count). The molecule has 0 saturated carbocycles. The number of hydrogen-bond donors (Lipinski definition) is 1. The second-order valence-electron chi connectivity index (χ2n) is 4.39. The highest BCUT2D eigenvalue weighted by Crippen LogP contribution is 2.13. The van der Waals surface area contributed by atoms with E-state index in [1.807, 2.05) is 31.3 Å². The van der Waals surface area contributed by atoms with Crippen molar-refractivity contribution >= 4 is 17.3 Å². The Labute approximate surface area is 117 Å². The van der Waals surface area contributed by atoms with Crippen molar-refractivity contribution in [1.82, 2.24) is 20.3 Å². The van der Waals surface area contributed by atoms with Crippen LogP contribution in [0.5, 0.6) is 0 Å². The van der Waals surface area contributed by atoms with Crippen LogP contribution in [0.15, 0.2) is 17.8 Å². The van der Waals surface area contributed by atoms with E-state index in [0.717, 1.165) is 41.8 Å². The summed E-state index contributed by atoms with van der Waals surface area (Å²) in [6.45, 7) is 6.59. The molecule has 102 valence electrons. The summed E-state index contributed by atoms with van der Waals surface area (Å²) in [6.07, 6.45) is 3.74. The summed E-state index contributed by atoms with van der Waals surface area (Å²) >= 11 is 1.67. The molecule has 0 aliphatic carbocycles. The Morgan fingerprint density at radius 3 is 2.63 bits per heavy atom. The Morgan fingerprint density at radius 1 is 1.32 bits per heavy atom. The zero-order valence-corrected chi connectivity index (χ0v) is 12.4. The summed E-state index contributed by atoms with van der Waals surface area (Å²) in [4.78, 5) is 15.2. The van der Waals surface area contributed by atoms with Crippen LogP contribution in [0, 0.1) is 6.92 Å². The SMILES string of the molecule is CCNCc1cnc(N(C)Cc2csc(C)n2)nc1. The molecule has 0 atom stereocenters. The molecule has 19 heavy (non-hydrogen) atoms. The maximum atomic E-state index is 4.45. The molecule has 0 spiro atoms. The molecular weight excluding hydrogens is 258 g/mol. The molecule has 0 radical (unpaired) electrons. The summed E-state index contributed by atoms with van der Waals surface area (Å²) in [5, 5.41) is 6.42. The molecule has 0 fully saturated rings. The minimum absolute atomic E-state index is 0.728. The molecule has 0 bridgehead atoms. The summed E-state index contributed by atoms with van der Waals surface area (Å²) in [5.74, 6) is 0.728. The van der Waals surface area contributed by atoms with Crippen LogP contribution in [-0.2, 0) is 13.1 Å². The van der Waals surface area contributed by atoms with Crippen LogP contribution in [0.4, 0.5) is 5.95 Å². The van der Waals surface area contributed by atoms with Crippen molar-refractivity contribution in [1.29, 1.82) is 0 Å². The molecule has 1 N–H and O–H groups in total. The predicted octanol–water partition coefficient (Wildman–Crippen LogP) is 1.99. The number of nitrogens with zero attached hydrogens (tertiary/aromatic N) is 4. The number of hydrogen-bond acceptors (Lipinski definition) is 6. The largest absolute Gasteiger partial charge is 0.338 e. The minimum Gasteiger partial charge on any atom is -0.338 e. The molecule has 2 heterocycles. The fourth-order valence-corrected chi connectivity index (χ4v) is 2.30. The normalized spacial score (nSPS) is 10.7. The number of thiazole rings is 1. The van der Waals surface area contributed by atoms with E-state index in [1.165, 1.54) is 0 Å². The third kappa shape index (κ3) is 3.97. The smallest absolute Gasteiger partial charge is 0.225 e. The van der Waals surface area contributed by atoms with E-state index in [4.69, 9.17) is 0 Å². The molecule has 0 aliphatic rings. The molecule has 0 saturated heterocycles. The van der Waals surface area contributed by atoms with Gasteiger partial charge in [-0.3, -0.25) is 0 Å². The van der Waals surface area contributed by atoms with Crippen molar-refractivity contribution < 1.29 is 0 Å². The van der Waals surface area contributed by atoms with Crippen LogP contribution >= 0.6 is 11.3 Å². The van der Waals surface area contributed by atoms with Crippen molar-refractivity contribution in [2.45, 2.75) is 26.9 Å². The lowest BCUT2D eigenvalue weighted by atomic mass is 10.3. The van der Waals surface area contributed by atoms with Gasteiger partial charge in [-0.15, -0.1) is 11.3 Å². The number of anilines is 1. The molecule has 2 aromatic rings. The van der Waals surface area contributed by atoms with Gasteiger partial charge in [0, 0.05) is 36.9 Å². The van der Waals surface area contributed by atoms with E-state index in [2.05, 4.69) is 32.6 Å². The van der Waals surface area contributed by atoms with Crippen molar-refractivity contribution in [3.63, 3.8) is 0 Å². The number of rotatable bonds is 6. The Bertz CT molecular complexity index is 508. The second-order valence-corrected chi connectivity index (χ2v) is 5.45. The molecule has 0 unspecified atom stereocenters. The van der Waals surface area contributed by atoms with Crippen molar-refractivity contribution in [3.05, 3.63) is 34.0 Å². The highest BCUT2D eigenvalue weighted by molar-refractivity contribution is 7.09. The van der Waals surface area contributed by atoms with Gasteiger partial charge in [-0.25, -0.2) is 15.0 Å². The molecule has 6 heteroatoms. The van der Waals surface area contributed by atoms with Crippen molar-refractivity contribution in [3.8, 4) is 0 Å². The van der Waals surface area contributed by atoms with E-state index in [0.29, 0.717) is 0 Å². The van der Waals surface area contributed by atoms with Gasteiger partial charge < -0.3 is 10.2 Å². The van der Waals surface area contributed by atoms with E-state index in [1.54, 1.807) is 11.3 Å². The molecule has 5 nitrogen and oxygen atoms in total. The molecule has 0 aliphatic heterocycles. The van der Waals surface area contributed by atoms with Crippen molar-refractivity contribution in [2.75, 3.05) is 18.5 Å². The first-order valence-electron chi connectivity index (χ1n) is 6.33. The lowest BCUT2D eigenvalue weighted by Crippen LogP contribution is -2.20. The van der Waals surface area contributed by atoms with Gasteiger partial charge in [0.1, 0.15) is 0 Å². The first-order chi connectivity index (χ1) is 9.19. The zero-order chi connectivity index (χ0) is 13.7. The third-order valence-corrected chi connectivity index (χ3v) is 3.50. The number of aromatic nitrogens is 3. The van der Waals surface area contributed by atoms with E-state index < -0.39 is 0 Å². The summed E-state index contributed by atoms with van der Waals surface area (Å²) < 4.78 is 0. The minimum atomic E-state index is 0.728. The highest BCUT2D eigenvalue weighted by Gasteiger charge is 2.07. The van der Waals surface area contributed by atoms with E-state index in [9.17, 15) is 0 Å². The van der Waals surface area contributed by atoms with E-state index in [-0.39, 0.29) is 0 Å². The average molecular weight is 277 g/mol. The van der Waals surface area contributed by atoms with Crippen LogP contribution in [0.3, 0.4) is 0 Å². The lowest BCUT2D eigenvalue weighted by Gasteiger charge is -2.15. The van der Waals surface area contributed by atoms with Gasteiger partial charge in [0.2, 0.25) is 5.95 Å². The predicted molar refractivity (Wildman–Crippen MR) is 78.4 cm³/mol. The maximum absolute atomic E-state index is 4.45. The van der Waals surface area contributed by atoms with Gasteiger partial charge in [-0.1, -0.05) is 6.92 Å². The Hall–Kier alpha value is -1.53. The Morgan fingerprint density at radius 2 is 2.05 bits per heavy atom. The topological polar surface area (TPSA) is 53.9 Å². The van der Waals surface area contributed by atoms with Gasteiger partial charge in [0.25, 0.3) is 0 Å². The summed E-state index contributed by atoms with van der Waals surface area (Å²) in [6, 6.07) is 0. The van der Waals surface area contributed by atoms with Gasteiger partial charge in [0.15, 0.2) is 0 Å². The van der Waals surface area contributed by atoms with Crippen LogP contribution in [0.25, 0.3) is 0 Å². The second kappa shape index (κ2) is 6.58. The standard InChI is InChI=1S/C13H19N5S/c1-4-14-5-11-6-15-13(16-7-11)18(3)8-12-9-19-10(2)17-12/h6-7,9,14H,4-5,8H2,1-3H3. The molecule has 0 aromatic carbocycles. The van der Waals surface area contributed by atoms with Crippen LogP contribution in [0.2, 0.25) is 0 Å². The van der Waals surface area contributed by atoms with Crippen molar-refractivity contribution in [2.24, 2.45) is 0 Å².